The molecule has 2 saturated heterocycles. The molecule has 0 N–H and O–H groups in total. The SMILES string of the molecule is O=C(c1ccc(Cl)c(Cl)c1)N1CC(N2C(=O)C3CC=CCC3C2=O)C1. The van der Waals surface area contributed by atoms with Gasteiger partial charge in [0.05, 0.1) is 27.9 Å². The predicted molar refractivity (Wildman–Crippen MR) is 93.4 cm³/mol. The first-order valence-corrected chi connectivity index (χ1v) is 8.99. The lowest BCUT2D eigenvalue weighted by molar-refractivity contribution is -0.145. The zero-order valence-corrected chi connectivity index (χ0v) is 14.8. The maximum atomic E-state index is 12.5. The number of hydrogen-bond donors (Lipinski definition) is 0. The van der Waals surface area contributed by atoms with Crippen molar-refractivity contribution in [2.45, 2.75) is 18.9 Å². The Morgan fingerprint density at radius 1 is 0.960 bits per heavy atom. The molecule has 1 aliphatic carbocycles. The first-order chi connectivity index (χ1) is 12.0. The van der Waals surface area contributed by atoms with E-state index in [1.807, 2.05) is 12.2 Å². The summed E-state index contributed by atoms with van der Waals surface area (Å²) >= 11 is 11.8. The smallest absolute Gasteiger partial charge is 0.254 e. The Kier molecular flexibility index (Phi) is 4.08. The van der Waals surface area contributed by atoms with Crippen molar-refractivity contribution in [3.05, 3.63) is 46.0 Å². The third kappa shape index (κ3) is 2.66. The van der Waals surface area contributed by atoms with Gasteiger partial charge in [0.2, 0.25) is 11.8 Å². The van der Waals surface area contributed by atoms with Crippen molar-refractivity contribution in [3.63, 3.8) is 0 Å². The van der Waals surface area contributed by atoms with Gasteiger partial charge in [0, 0.05) is 18.7 Å². The molecule has 2 atom stereocenters. The molecular formula is C18H16Cl2N2O3. The number of amides is 3. The van der Waals surface area contributed by atoms with Crippen LogP contribution in [-0.4, -0.2) is 46.7 Å². The van der Waals surface area contributed by atoms with E-state index in [-0.39, 0.29) is 35.6 Å². The highest BCUT2D eigenvalue weighted by Gasteiger charge is 2.52. The second kappa shape index (κ2) is 6.15. The number of carbonyl (C=O) groups is 3. The van der Waals surface area contributed by atoms with Gasteiger partial charge in [0.25, 0.3) is 5.91 Å². The van der Waals surface area contributed by atoms with Crippen molar-refractivity contribution < 1.29 is 14.4 Å². The lowest BCUT2D eigenvalue weighted by atomic mass is 9.85. The molecule has 7 heteroatoms. The summed E-state index contributed by atoms with van der Waals surface area (Å²) in [6.07, 6.45) is 5.20. The number of rotatable bonds is 2. The average Bonchev–Trinajstić information content (AvgIpc) is 2.81. The van der Waals surface area contributed by atoms with Crippen molar-refractivity contribution in [3.8, 4) is 0 Å². The lowest BCUT2D eigenvalue weighted by Gasteiger charge is -2.43. The van der Waals surface area contributed by atoms with E-state index in [1.165, 1.54) is 11.0 Å². The maximum Gasteiger partial charge on any atom is 0.254 e. The minimum Gasteiger partial charge on any atom is -0.334 e. The topological polar surface area (TPSA) is 57.7 Å². The first kappa shape index (κ1) is 16.6. The van der Waals surface area contributed by atoms with Gasteiger partial charge in [0.1, 0.15) is 0 Å². The van der Waals surface area contributed by atoms with Gasteiger partial charge in [-0.2, -0.15) is 0 Å². The molecule has 3 amide bonds. The Balaban J connectivity index is 1.43. The van der Waals surface area contributed by atoms with Crippen molar-refractivity contribution in [2.75, 3.05) is 13.1 Å². The van der Waals surface area contributed by atoms with Crippen molar-refractivity contribution in [1.82, 2.24) is 9.80 Å². The van der Waals surface area contributed by atoms with Crippen LogP contribution in [0.5, 0.6) is 0 Å². The molecule has 2 aliphatic heterocycles. The lowest BCUT2D eigenvalue weighted by Crippen LogP contribution is -2.62. The zero-order chi connectivity index (χ0) is 17.7. The zero-order valence-electron chi connectivity index (χ0n) is 13.3. The van der Waals surface area contributed by atoms with E-state index < -0.39 is 0 Å². The van der Waals surface area contributed by atoms with Crippen molar-refractivity contribution in [2.24, 2.45) is 11.8 Å². The molecule has 1 aromatic rings. The molecule has 25 heavy (non-hydrogen) atoms. The van der Waals surface area contributed by atoms with Crippen LogP contribution in [0.4, 0.5) is 0 Å². The summed E-state index contributed by atoms with van der Waals surface area (Å²) in [4.78, 5) is 40.6. The van der Waals surface area contributed by atoms with Crippen LogP contribution in [0.3, 0.4) is 0 Å². The van der Waals surface area contributed by atoms with Crippen LogP contribution < -0.4 is 0 Å². The molecule has 4 rings (SSSR count). The highest BCUT2D eigenvalue weighted by molar-refractivity contribution is 6.42. The molecule has 0 radical (unpaired) electrons. The van der Waals surface area contributed by atoms with E-state index in [0.29, 0.717) is 41.5 Å². The number of fused-ring (bicyclic) bond motifs is 1. The minimum atomic E-state index is -0.225. The minimum absolute atomic E-state index is 0.0917. The van der Waals surface area contributed by atoms with Gasteiger partial charge in [-0.05, 0) is 31.0 Å². The Bertz CT molecular complexity index is 776. The fourth-order valence-electron chi connectivity index (χ4n) is 3.78. The molecule has 2 fully saturated rings. The molecule has 0 bridgehead atoms. The third-order valence-corrected chi connectivity index (χ3v) is 5.96. The van der Waals surface area contributed by atoms with Crippen LogP contribution in [-0.2, 0) is 9.59 Å². The Morgan fingerprint density at radius 3 is 2.12 bits per heavy atom. The van der Waals surface area contributed by atoms with E-state index in [4.69, 9.17) is 23.2 Å². The van der Waals surface area contributed by atoms with Crippen LogP contribution in [0.25, 0.3) is 0 Å². The molecule has 0 spiro atoms. The fraction of sp³-hybridized carbons (Fsp3) is 0.389. The van der Waals surface area contributed by atoms with Gasteiger partial charge in [-0.25, -0.2) is 0 Å². The van der Waals surface area contributed by atoms with Crippen LogP contribution in [0.1, 0.15) is 23.2 Å². The molecule has 1 aromatic carbocycles. The number of hydrogen-bond acceptors (Lipinski definition) is 3. The van der Waals surface area contributed by atoms with Crippen molar-refractivity contribution in [1.29, 1.82) is 0 Å². The molecule has 5 nitrogen and oxygen atoms in total. The summed E-state index contributed by atoms with van der Waals surface area (Å²) in [5.41, 5.74) is 0.449. The molecule has 3 aliphatic rings. The van der Waals surface area contributed by atoms with Gasteiger partial charge in [-0.3, -0.25) is 19.3 Å². The normalized spacial score (nSPS) is 26.0. The first-order valence-electron chi connectivity index (χ1n) is 8.23. The summed E-state index contributed by atoms with van der Waals surface area (Å²) in [6, 6.07) is 4.51. The second-order valence-corrected chi connectivity index (χ2v) is 7.51. The second-order valence-electron chi connectivity index (χ2n) is 6.70. The molecule has 2 unspecified atom stereocenters. The molecule has 130 valence electrons. The van der Waals surface area contributed by atoms with Gasteiger partial charge < -0.3 is 4.90 Å². The number of carbonyl (C=O) groups excluding carboxylic acids is 3. The van der Waals surface area contributed by atoms with E-state index in [9.17, 15) is 14.4 Å². The van der Waals surface area contributed by atoms with Gasteiger partial charge in [-0.15, -0.1) is 0 Å². The molecule has 0 saturated carbocycles. The number of benzene rings is 1. The Hall–Kier alpha value is -1.85. The summed E-state index contributed by atoms with van der Waals surface area (Å²) in [6.45, 7) is 0.729. The number of halogens is 2. The average molecular weight is 379 g/mol. The highest BCUT2D eigenvalue weighted by atomic mass is 35.5. The highest BCUT2D eigenvalue weighted by Crippen LogP contribution is 2.37. The van der Waals surface area contributed by atoms with Crippen molar-refractivity contribution >= 4 is 40.9 Å². The van der Waals surface area contributed by atoms with Gasteiger partial charge in [-0.1, -0.05) is 35.4 Å². The maximum absolute atomic E-state index is 12.5. The van der Waals surface area contributed by atoms with E-state index in [0.717, 1.165) is 0 Å². The number of likely N-dealkylation sites (tertiary alicyclic amines) is 2. The third-order valence-electron chi connectivity index (χ3n) is 5.22. The Morgan fingerprint density at radius 2 is 1.56 bits per heavy atom. The summed E-state index contributed by atoms with van der Waals surface area (Å²) in [7, 11) is 0. The van der Waals surface area contributed by atoms with E-state index >= 15 is 0 Å². The molecular weight excluding hydrogens is 363 g/mol. The van der Waals surface area contributed by atoms with Crippen LogP contribution in [0.15, 0.2) is 30.4 Å². The number of allylic oxidation sites excluding steroid dienone is 2. The van der Waals surface area contributed by atoms with Crippen LogP contribution in [0.2, 0.25) is 10.0 Å². The standard InChI is InChI=1S/C18H16Cl2N2O3/c19-14-6-5-10(7-15(14)20)16(23)21-8-11(9-21)22-17(24)12-3-1-2-4-13(12)18(22)25/h1-2,5-7,11-13H,3-4,8-9H2. The van der Waals surface area contributed by atoms with Crippen LogP contribution in [0, 0.1) is 11.8 Å². The Labute approximate surface area is 155 Å². The quantitative estimate of drug-likeness (QED) is 0.587. The summed E-state index contributed by atoms with van der Waals surface area (Å²) in [5.74, 6) is -0.806. The largest absolute Gasteiger partial charge is 0.334 e. The molecule has 2 heterocycles. The summed E-state index contributed by atoms with van der Waals surface area (Å²) in [5, 5.41) is 0.718. The van der Waals surface area contributed by atoms with Gasteiger partial charge >= 0.3 is 0 Å². The number of nitrogens with zero attached hydrogens (tertiary/aromatic N) is 2. The van der Waals surface area contributed by atoms with E-state index in [1.54, 1.807) is 17.0 Å². The van der Waals surface area contributed by atoms with E-state index in [2.05, 4.69) is 0 Å². The number of imide groups is 1. The summed E-state index contributed by atoms with van der Waals surface area (Å²) < 4.78 is 0. The monoisotopic (exact) mass is 378 g/mol. The predicted octanol–water partition coefficient (Wildman–Crippen LogP) is 2.77. The molecule has 0 aromatic heterocycles. The van der Waals surface area contributed by atoms with Crippen LogP contribution >= 0.6 is 23.2 Å². The van der Waals surface area contributed by atoms with Gasteiger partial charge in [0.15, 0.2) is 0 Å². The fourth-order valence-corrected chi connectivity index (χ4v) is 4.08.